The lowest BCUT2D eigenvalue weighted by Crippen LogP contribution is -2.15. The maximum atomic E-state index is 12.3. The number of hydrogen-bond donors (Lipinski definition) is 2. The molecule has 5 nitrogen and oxygen atoms in total. The van der Waals surface area contributed by atoms with Gasteiger partial charge in [-0.15, -0.1) is 0 Å². The van der Waals surface area contributed by atoms with Gasteiger partial charge in [-0.25, -0.2) is 0 Å². The zero-order valence-electron chi connectivity index (χ0n) is 13.7. The molecule has 2 aromatic rings. The molecule has 0 spiro atoms. The van der Waals surface area contributed by atoms with Crippen LogP contribution in [-0.4, -0.2) is 18.9 Å². The molecular formula is C19H20N2O3. The molecule has 2 amide bonds. The number of nitrogens with one attached hydrogen (secondary N) is 2. The van der Waals surface area contributed by atoms with Crippen LogP contribution in [0.25, 0.3) is 0 Å². The smallest absolute Gasteiger partial charge is 0.255 e. The number of anilines is 2. The predicted octanol–water partition coefficient (Wildman–Crippen LogP) is 3.54. The number of carbonyl (C=O) groups is 2. The second kappa shape index (κ2) is 6.74. The minimum Gasteiger partial charge on any atom is -0.495 e. The molecule has 2 N–H and O–H groups in total. The Morgan fingerprint density at radius 2 is 1.71 bits per heavy atom. The molecule has 0 heterocycles. The normalized spacial score (nSPS) is 18.6. The van der Waals surface area contributed by atoms with E-state index in [1.807, 2.05) is 12.1 Å². The van der Waals surface area contributed by atoms with Crippen LogP contribution in [0.5, 0.6) is 5.75 Å². The van der Waals surface area contributed by atoms with Gasteiger partial charge in [0.2, 0.25) is 5.91 Å². The molecule has 0 saturated heterocycles. The SMILES string of the molecule is COc1ccccc1NC(=O)c1ccc(NC(=O)[C@H]2C[C@@H]2C)cc1. The average Bonchev–Trinajstić information content (AvgIpc) is 3.33. The highest BCUT2D eigenvalue weighted by molar-refractivity contribution is 6.05. The fourth-order valence-electron chi connectivity index (χ4n) is 2.57. The molecule has 3 rings (SSSR count). The number of amides is 2. The third kappa shape index (κ3) is 3.56. The number of benzene rings is 2. The Balaban J connectivity index is 1.64. The summed E-state index contributed by atoms with van der Waals surface area (Å²) < 4.78 is 5.22. The van der Waals surface area contributed by atoms with Gasteiger partial charge in [-0.2, -0.15) is 0 Å². The lowest BCUT2D eigenvalue weighted by molar-refractivity contribution is -0.117. The average molecular weight is 324 g/mol. The Labute approximate surface area is 141 Å². The first-order chi connectivity index (χ1) is 11.6. The van der Waals surface area contributed by atoms with Crippen molar-refractivity contribution in [3.63, 3.8) is 0 Å². The van der Waals surface area contributed by atoms with E-state index in [0.717, 1.165) is 6.42 Å². The van der Waals surface area contributed by atoms with Crippen LogP contribution in [0, 0.1) is 11.8 Å². The summed E-state index contributed by atoms with van der Waals surface area (Å²) in [6, 6.07) is 14.1. The summed E-state index contributed by atoms with van der Waals surface area (Å²) in [7, 11) is 1.56. The highest BCUT2D eigenvalue weighted by Gasteiger charge is 2.39. The molecular weight excluding hydrogens is 304 g/mol. The monoisotopic (exact) mass is 324 g/mol. The van der Waals surface area contributed by atoms with Crippen LogP contribution in [0.2, 0.25) is 0 Å². The molecule has 2 atom stereocenters. The Morgan fingerprint density at radius 1 is 1.04 bits per heavy atom. The summed E-state index contributed by atoms with van der Waals surface area (Å²) in [5, 5.41) is 5.70. The maximum absolute atomic E-state index is 12.3. The van der Waals surface area contributed by atoms with Crippen molar-refractivity contribution in [2.45, 2.75) is 13.3 Å². The molecule has 24 heavy (non-hydrogen) atoms. The topological polar surface area (TPSA) is 67.4 Å². The first-order valence-corrected chi connectivity index (χ1v) is 7.94. The van der Waals surface area contributed by atoms with Crippen molar-refractivity contribution in [2.24, 2.45) is 11.8 Å². The predicted molar refractivity (Wildman–Crippen MR) is 93.3 cm³/mol. The van der Waals surface area contributed by atoms with Gasteiger partial charge in [-0.05, 0) is 48.7 Å². The van der Waals surface area contributed by atoms with E-state index in [-0.39, 0.29) is 17.7 Å². The fraction of sp³-hybridized carbons (Fsp3) is 0.263. The van der Waals surface area contributed by atoms with E-state index in [2.05, 4.69) is 17.6 Å². The van der Waals surface area contributed by atoms with Crippen LogP contribution < -0.4 is 15.4 Å². The minimum absolute atomic E-state index is 0.0497. The van der Waals surface area contributed by atoms with Gasteiger partial charge in [-0.1, -0.05) is 19.1 Å². The van der Waals surface area contributed by atoms with Gasteiger partial charge in [0, 0.05) is 17.2 Å². The largest absolute Gasteiger partial charge is 0.495 e. The van der Waals surface area contributed by atoms with Crippen molar-refractivity contribution in [3.8, 4) is 5.75 Å². The molecule has 124 valence electrons. The molecule has 1 aliphatic carbocycles. The first-order valence-electron chi connectivity index (χ1n) is 7.94. The second-order valence-electron chi connectivity index (χ2n) is 6.04. The molecule has 0 bridgehead atoms. The molecule has 1 aliphatic rings. The Bertz CT molecular complexity index is 755. The number of hydrogen-bond acceptors (Lipinski definition) is 3. The van der Waals surface area contributed by atoms with Crippen molar-refractivity contribution in [1.82, 2.24) is 0 Å². The highest BCUT2D eigenvalue weighted by Crippen LogP contribution is 2.38. The molecule has 2 aromatic carbocycles. The van der Waals surface area contributed by atoms with Gasteiger partial charge in [0.05, 0.1) is 12.8 Å². The van der Waals surface area contributed by atoms with Gasteiger partial charge < -0.3 is 15.4 Å². The van der Waals surface area contributed by atoms with Gasteiger partial charge >= 0.3 is 0 Å². The summed E-state index contributed by atoms with van der Waals surface area (Å²) in [6.07, 6.45) is 0.950. The summed E-state index contributed by atoms with van der Waals surface area (Å²) in [4.78, 5) is 24.2. The van der Waals surface area contributed by atoms with Gasteiger partial charge in [0.25, 0.3) is 5.91 Å². The lowest BCUT2D eigenvalue weighted by Gasteiger charge is -2.10. The molecule has 0 radical (unpaired) electrons. The zero-order chi connectivity index (χ0) is 17.1. The zero-order valence-corrected chi connectivity index (χ0v) is 13.7. The van der Waals surface area contributed by atoms with Crippen LogP contribution in [-0.2, 0) is 4.79 Å². The van der Waals surface area contributed by atoms with Crippen molar-refractivity contribution in [2.75, 3.05) is 17.7 Å². The number of carbonyl (C=O) groups excluding carboxylic acids is 2. The Kier molecular flexibility index (Phi) is 4.51. The van der Waals surface area contributed by atoms with E-state index < -0.39 is 0 Å². The van der Waals surface area contributed by atoms with Gasteiger partial charge in [0.1, 0.15) is 5.75 Å². The summed E-state index contributed by atoms with van der Waals surface area (Å²) in [5.74, 6) is 1.02. The third-order valence-electron chi connectivity index (χ3n) is 4.22. The van der Waals surface area contributed by atoms with Crippen molar-refractivity contribution in [1.29, 1.82) is 0 Å². The quantitative estimate of drug-likeness (QED) is 0.884. The van der Waals surface area contributed by atoms with Crippen LogP contribution in [0.1, 0.15) is 23.7 Å². The molecule has 0 unspecified atom stereocenters. The van der Waals surface area contributed by atoms with Crippen LogP contribution in [0.15, 0.2) is 48.5 Å². The highest BCUT2D eigenvalue weighted by atomic mass is 16.5. The van der Waals surface area contributed by atoms with Crippen LogP contribution >= 0.6 is 0 Å². The molecule has 1 fully saturated rings. The van der Waals surface area contributed by atoms with E-state index in [9.17, 15) is 9.59 Å². The Morgan fingerprint density at radius 3 is 2.33 bits per heavy atom. The standard InChI is InChI=1S/C19H20N2O3/c1-12-11-15(12)19(23)20-14-9-7-13(8-10-14)18(22)21-16-5-3-4-6-17(16)24-2/h3-10,12,15H,11H2,1-2H3,(H,20,23)(H,21,22)/t12-,15-/m0/s1. The molecule has 0 aromatic heterocycles. The fourth-order valence-corrected chi connectivity index (χ4v) is 2.57. The lowest BCUT2D eigenvalue weighted by atomic mass is 10.1. The van der Waals surface area contributed by atoms with Gasteiger partial charge in [0.15, 0.2) is 0 Å². The number of rotatable bonds is 5. The van der Waals surface area contributed by atoms with E-state index in [4.69, 9.17) is 4.74 Å². The van der Waals surface area contributed by atoms with E-state index in [0.29, 0.717) is 28.6 Å². The first kappa shape index (κ1) is 16.1. The third-order valence-corrected chi connectivity index (χ3v) is 4.22. The van der Waals surface area contributed by atoms with Crippen LogP contribution in [0.3, 0.4) is 0 Å². The number of ether oxygens (including phenoxy) is 1. The van der Waals surface area contributed by atoms with E-state index in [1.54, 1.807) is 43.5 Å². The summed E-state index contributed by atoms with van der Waals surface area (Å²) in [6.45, 7) is 2.07. The van der Waals surface area contributed by atoms with E-state index in [1.165, 1.54) is 0 Å². The van der Waals surface area contributed by atoms with Gasteiger partial charge in [-0.3, -0.25) is 9.59 Å². The summed E-state index contributed by atoms with van der Waals surface area (Å²) in [5.41, 5.74) is 1.83. The van der Waals surface area contributed by atoms with Crippen molar-refractivity contribution in [3.05, 3.63) is 54.1 Å². The Hall–Kier alpha value is -2.82. The maximum Gasteiger partial charge on any atom is 0.255 e. The van der Waals surface area contributed by atoms with Crippen molar-refractivity contribution >= 4 is 23.2 Å². The minimum atomic E-state index is -0.229. The molecule has 1 saturated carbocycles. The second-order valence-corrected chi connectivity index (χ2v) is 6.04. The van der Waals surface area contributed by atoms with Crippen molar-refractivity contribution < 1.29 is 14.3 Å². The number of para-hydroxylation sites is 2. The van der Waals surface area contributed by atoms with Crippen LogP contribution in [0.4, 0.5) is 11.4 Å². The number of methoxy groups -OCH3 is 1. The molecule has 5 heteroatoms. The summed E-state index contributed by atoms with van der Waals surface area (Å²) >= 11 is 0. The van der Waals surface area contributed by atoms with E-state index >= 15 is 0 Å². The molecule has 0 aliphatic heterocycles.